The Kier molecular flexibility index (Phi) is 6.30. The van der Waals surface area contributed by atoms with Gasteiger partial charge in [0.1, 0.15) is 5.82 Å². The predicted molar refractivity (Wildman–Crippen MR) is 127 cm³/mol. The molecule has 0 radical (unpaired) electrons. The predicted octanol–water partition coefficient (Wildman–Crippen LogP) is 3.36. The first-order chi connectivity index (χ1) is 16.8. The molecule has 1 aliphatic carbocycles. The lowest BCUT2D eigenvalue weighted by Gasteiger charge is -2.29. The Morgan fingerprint density at radius 2 is 1.89 bits per heavy atom. The fourth-order valence-electron chi connectivity index (χ4n) is 4.18. The molecule has 0 unspecified atom stereocenters. The molecule has 0 atom stereocenters. The Bertz CT molecular complexity index is 1330. The number of hydroxylamine groups is 1. The van der Waals surface area contributed by atoms with E-state index in [1.165, 1.54) is 0 Å². The van der Waals surface area contributed by atoms with Crippen LogP contribution < -0.4 is 5.48 Å². The van der Waals surface area contributed by atoms with Gasteiger partial charge in [0, 0.05) is 30.1 Å². The van der Waals surface area contributed by atoms with Gasteiger partial charge in [0.2, 0.25) is 5.96 Å². The molecular weight excluding hydrogens is 475 g/mol. The van der Waals surface area contributed by atoms with Crippen LogP contribution in [0.1, 0.15) is 24.1 Å². The number of ether oxygens (including phenoxy) is 1. The van der Waals surface area contributed by atoms with E-state index in [0.29, 0.717) is 37.6 Å². The standard InChI is InChI=1S/C24H25FN4O5S/c1-35(30,31)34-28-23(29-11-13-32-14-12-29)26-22-16-21(27-33-22)24(9-10-24)18-7-8-19(20(25)15-18)17-5-3-2-4-6-17/h2-8,15-16H,9-14H2,1H3,(H,26,28). The van der Waals surface area contributed by atoms with Gasteiger partial charge in [-0.25, -0.2) is 9.87 Å². The lowest BCUT2D eigenvalue weighted by molar-refractivity contribution is 0.0628. The van der Waals surface area contributed by atoms with Crippen LogP contribution in [0, 0.1) is 5.82 Å². The van der Waals surface area contributed by atoms with Crippen molar-refractivity contribution < 1.29 is 26.4 Å². The maximum Gasteiger partial charge on any atom is 0.285 e. The first-order valence-electron chi connectivity index (χ1n) is 11.2. The summed E-state index contributed by atoms with van der Waals surface area (Å²) in [6.07, 6.45) is 2.54. The summed E-state index contributed by atoms with van der Waals surface area (Å²) in [5, 5.41) is 4.21. The minimum absolute atomic E-state index is 0.171. The normalized spacial score (nSPS) is 17.9. The molecule has 1 saturated carbocycles. The second kappa shape index (κ2) is 9.40. The van der Waals surface area contributed by atoms with Crippen LogP contribution in [-0.2, 0) is 24.6 Å². The van der Waals surface area contributed by atoms with E-state index >= 15 is 4.39 Å². The molecule has 35 heavy (non-hydrogen) atoms. The number of benzene rings is 2. The van der Waals surface area contributed by atoms with Crippen LogP contribution in [0.15, 0.2) is 64.1 Å². The Balaban J connectivity index is 1.40. The van der Waals surface area contributed by atoms with E-state index < -0.39 is 15.5 Å². The second-order valence-electron chi connectivity index (χ2n) is 8.62. The summed E-state index contributed by atoms with van der Waals surface area (Å²) in [6.45, 7) is 1.93. The van der Waals surface area contributed by atoms with Crippen molar-refractivity contribution in [1.82, 2.24) is 15.5 Å². The van der Waals surface area contributed by atoms with E-state index in [9.17, 15) is 8.42 Å². The molecule has 1 aromatic heterocycles. The first kappa shape index (κ1) is 23.5. The van der Waals surface area contributed by atoms with Crippen LogP contribution in [0.5, 0.6) is 0 Å². The monoisotopic (exact) mass is 500 g/mol. The summed E-state index contributed by atoms with van der Waals surface area (Å²) in [5.74, 6) is 0.0571. The zero-order valence-electron chi connectivity index (χ0n) is 19.1. The fraction of sp³-hybridized carbons (Fsp3) is 0.333. The number of hydrogen-bond acceptors (Lipinski definition) is 7. The lowest BCUT2D eigenvalue weighted by atomic mass is 9.90. The average molecular weight is 501 g/mol. The van der Waals surface area contributed by atoms with Gasteiger partial charge in [0.15, 0.2) is 0 Å². The van der Waals surface area contributed by atoms with Crippen LogP contribution in [0.4, 0.5) is 10.3 Å². The fourth-order valence-corrected chi connectivity index (χ4v) is 4.40. The Labute approximate surface area is 202 Å². The first-order valence-corrected chi connectivity index (χ1v) is 13.0. The third-order valence-corrected chi connectivity index (χ3v) is 6.54. The van der Waals surface area contributed by atoms with Crippen LogP contribution in [0.3, 0.4) is 0 Å². The topological polar surface area (TPSA) is 106 Å². The summed E-state index contributed by atoms with van der Waals surface area (Å²) in [4.78, 5) is 6.19. The molecule has 1 saturated heterocycles. The minimum atomic E-state index is -3.75. The highest BCUT2D eigenvalue weighted by molar-refractivity contribution is 7.85. The number of nitrogens with one attached hydrogen (secondary N) is 1. The summed E-state index contributed by atoms with van der Waals surface area (Å²) in [5.41, 5.74) is 4.79. The molecule has 2 heterocycles. The molecule has 2 aliphatic rings. The molecule has 1 N–H and O–H groups in total. The number of guanidine groups is 1. The number of nitrogens with zero attached hydrogens (tertiary/aromatic N) is 3. The molecule has 3 aromatic rings. The minimum Gasteiger partial charge on any atom is -0.378 e. The Hall–Kier alpha value is -3.28. The number of halogens is 1. The average Bonchev–Trinajstić information content (AvgIpc) is 3.53. The molecule has 2 aromatic carbocycles. The third-order valence-electron chi connectivity index (χ3n) is 6.16. The van der Waals surface area contributed by atoms with Crippen LogP contribution >= 0.6 is 0 Å². The van der Waals surface area contributed by atoms with Crippen molar-refractivity contribution >= 4 is 22.0 Å². The van der Waals surface area contributed by atoms with Gasteiger partial charge in [-0.1, -0.05) is 47.6 Å². The molecule has 0 amide bonds. The zero-order chi connectivity index (χ0) is 24.5. The highest BCUT2D eigenvalue weighted by atomic mass is 32.2. The summed E-state index contributed by atoms with van der Waals surface area (Å²) in [7, 11) is -3.75. The van der Waals surface area contributed by atoms with Crippen molar-refractivity contribution in [3.63, 3.8) is 0 Å². The highest BCUT2D eigenvalue weighted by Gasteiger charge is 2.49. The van der Waals surface area contributed by atoms with Crippen LogP contribution in [0.2, 0.25) is 0 Å². The maximum absolute atomic E-state index is 15.0. The highest BCUT2D eigenvalue weighted by Crippen LogP contribution is 2.54. The van der Waals surface area contributed by atoms with Gasteiger partial charge in [-0.15, -0.1) is 4.28 Å². The van der Waals surface area contributed by atoms with Gasteiger partial charge in [-0.3, -0.25) is 0 Å². The molecule has 0 spiro atoms. The molecule has 1 aliphatic heterocycles. The van der Waals surface area contributed by atoms with Gasteiger partial charge in [-0.05, 0) is 30.0 Å². The smallest absolute Gasteiger partial charge is 0.285 e. The molecule has 9 nitrogen and oxygen atoms in total. The number of rotatable bonds is 6. The van der Waals surface area contributed by atoms with Gasteiger partial charge in [-0.2, -0.15) is 13.4 Å². The van der Waals surface area contributed by atoms with E-state index in [-0.39, 0.29) is 17.7 Å². The van der Waals surface area contributed by atoms with E-state index in [2.05, 4.69) is 15.6 Å². The van der Waals surface area contributed by atoms with E-state index in [1.807, 2.05) is 36.4 Å². The van der Waals surface area contributed by atoms with Crippen molar-refractivity contribution in [1.29, 1.82) is 0 Å². The second-order valence-corrected chi connectivity index (χ2v) is 10.2. The summed E-state index contributed by atoms with van der Waals surface area (Å²) in [6, 6.07) is 16.4. The SMILES string of the molecule is CS(=O)(=O)ONC(=Nc1cc(C2(c3ccc(-c4ccccc4)c(F)c3)CC2)no1)N1CCOCC1. The number of aliphatic imine (C=N–C) groups is 1. The molecular formula is C24H25FN4O5S. The van der Waals surface area contributed by atoms with Crippen molar-refractivity contribution in [3.8, 4) is 11.1 Å². The van der Waals surface area contributed by atoms with E-state index in [0.717, 1.165) is 30.2 Å². The molecule has 184 valence electrons. The molecule has 5 rings (SSSR count). The van der Waals surface area contributed by atoms with Crippen molar-refractivity contribution in [2.45, 2.75) is 18.3 Å². The summed E-state index contributed by atoms with van der Waals surface area (Å²) < 4.78 is 53.5. The molecule has 2 fully saturated rings. The number of aromatic nitrogens is 1. The molecule has 0 bridgehead atoms. The van der Waals surface area contributed by atoms with Crippen molar-refractivity contribution in [2.75, 3.05) is 32.6 Å². The van der Waals surface area contributed by atoms with Crippen LogP contribution in [0.25, 0.3) is 11.1 Å². The largest absolute Gasteiger partial charge is 0.378 e. The Morgan fingerprint density at radius 1 is 1.14 bits per heavy atom. The van der Waals surface area contributed by atoms with E-state index in [1.54, 1.807) is 23.1 Å². The van der Waals surface area contributed by atoms with Gasteiger partial charge >= 0.3 is 0 Å². The number of hydrogen-bond donors (Lipinski definition) is 1. The van der Waals surface area contributed by atoms with Gasteiger partial charge < -0.3 is 14.2 Å². The summed E-state index contributed by atoms with van der Waals surface area (Å²) >= 11 is 0. The van der Waals surface area contributed by atoms with Crippen molar-refractivity contribution in [2.24, 2.45) is 4.99 Å². The third kappa shape index (κ3) is 5.21. The van der Waals surface area contributed by atoms with Crippen LogP contribution in [-0.4, -0.2) is 57.0 Å². The van der Waals surface area contributed by atoms with Crippen molar-refractivity contribution in [3.05, 3.63) is 71.7 Å². The molecule has 11 heteroatoms. The number of morpholine rings is 1. The van der Waals surface area contributed by atoms with Gasteiger partial charge in [0.05, 0.1) is 25.2 Å². The Morgan fingerprint density at radius 3 is 2.54 bits per heavy atom. The maximum atomic E-state index is 15.0. The lowest BCUT2D eigenvalue weighted by Crippen LogP contribution is -2.47. The van der Waals surface area contributed by atoms with Gasteiger partial charge in [0.25, 0.3) is 16.0 Å². The van der Waals surface area contributed by atoms with E-state index in [4.69, 9.17) is 13.5 Å². The zero-order valence-corrected chi connectivity index (χ0v) is 19.9. The quantitative estimate of drug-likeness (QED) is 0.312.